The van der Waals surface area contributed by atoms with Crippen molar-refractivity contribution >= 4 is 28.9 Å². The average molecular weight is 309 g/mol. The predicted octanol–water partition coefficient (Wildman–Crippen LogP) is 4.30. The minimum Gasteiger partial charge on any atom is -0.378 e. The van der Waals surface area contributed by atoms with E-state index in [0.29, 0.717) is 16.5 Å². The summed E-state index contributed by atoms with van der Waals surface area (Å²) < 4.78 is 0. The van der Waals surface area contributed by atoms with Crippen LogP contribution in [0, 0.1) is 0 Å². The van der Waals surface area contributed by atoms with Crippen molar-refractivity contribution in [3.63, 3.8) is 0 Å². The van der Waals surface area contributed by atoms with Crippen LogP contribution < -0.4 is 10.6 Å². The fraction of sp³-hybridized carbons (Fsp3) is 0.250. The minimum atomic E-state index is -0.106. The van der Waals surface area contributed by atoms with Crippen molar-refractivity contribution in [3.05, 3.63) is 63.6 Å². The predicted molar refractivity (Wildman–Crippen MR) is 87.9 cm³/mol. The van der Waals surface area contributed by atoms with E-state index in [2.05, 4.69) is 17.0 Å². The van der Waals surface area contributed by atoms with Gasteiger partial charge in [0, 0.05) is 35.9 Å². The van der Waals surface area contributed by atoms with Crippen LogP contribution in [-0.2, 0) is 6.42 Å². The van der Waals surface area contributed by atoms with Gasteiger partial charge in [0.1, 0.15) is 0 Å². The molecule has 0 bridgehead atoms. The molecular formula is C16H18Cl2N2. The summed E-state index contributed by atoms with van der Waals surface area (Å²) in [7, 11) is 4.02. The van der Waals surface area contributed by atoms with Crippen molar-refractivity contribution in [1.29, 1.82) is 0 Å². The normalized spacial score (nSPS) is 12.2. The van der Waals surface area contributed by atoms with Crippen molar-refractivity contribution < 1.29 is 0 Å². The Morgan fingerprint density at radius 3 is 2.55 bits per heavy atom. The Hall–Kier alpha value is -1.22. The van der Waals surface area contributed by atoms with E-state index < -0.39 is 0 Å². The molecule has 2 aromatic rings. The van der Waals surface area contributed by atoms with Crippen molar-refractivity contribution in [2.24, 2.45) is 5.73 Å². The maximum absolute atomic E-state index is 6.29. The maximum Gasteiger partial charge on any atom is 0.0439 e. The summed E-state index contributed by atoms with van der Waals surface area (Å²) >= 11 is 12.2. The molecule has 0 saturated carbocycles. The van der Waals surface area contributed by atoms with Crippen molar-refractivity contribution in [2.75, 3.05) is 19.0 Å². The number of hydrogen-bond acceptors (Lipinski definition) is 2. The Morgan fingerprint density at radius 2 is 1.85 bits per heavy atom. The first-order chi connectivity index (χ1) is 9.47. The first-order valence-corrected chi connectivity index (χ1v) is 7.20. The summed E-state index contributed by atoms with van der Waals surface area (Å²) in [5.74, 6) is 0. The lowest BCUT2D eigenvalue weighted by atomic mass is 9.99. The Kier molecular flexibility index (Phi) is 4.92. The Labute approximate surface area is 130 Å². The molecule has 106 valence electrons. The molecule has 1 atom stereocenters. The second-order valence-corrected chi connectivity index (χ2v) is 5.88. The van der Waals surface area contributed by atoms with E-state index in [0.717, 1.165) is 16.8 Å². The summed E-state index contributed by atoms with van der Waals surface area (Å²) in [5.41, 5.74) is 9.49. The van der Waals surface area contributed by atoms with Crippen LogP contribution in [0.2, 0.25) is 10.0 Å². The maximum atomic E-state index is 6.29. The number of benzene rings is 2. The van der Waals surface area contributed by atoms with E-state index in [-0.39, 0.29) is 6.04 Å². The molecule has 0 radical (unpaired) electrons. The molecule has 2 rings (SSSR count). The molecule has 0 aliphatic carbocycles. The summed E-state index contributed by atoms with van der Waals surface area (Å²) in [4.78, 5) is 2.06. The Bertz CT molecular complexity index is 597. The van der Waals surface area contributed by atoms with Gasteiger partial charge in [0.05, 0.1) is 0 Å². The standard InChI is InChI=1S/C16H18Cl2N2/c1-20(2)14-5-3-4-11(9-14)16(19)10-12-8-13(17)6-7-15(12)18/h3-9,16H,10,19H2,1-2H3. The van der Waals surface area contributed by atoms with E-state index in [4.69, 9.17) is 28.9 Å². The van der Waals surface area contributed by atoms with Crippen LogP contribution in [0.15, 0.2) is 42.5 Å². The van der Waals surface area contributed by atoms with Gasteiger partial charge >= 0.3 is 0 Å². The molecule has 0 heterocycles. The number of rotatable bonds is 4. The summed E-state index contributed by atoms with van der Waals surface area (Å²) in [6.45, 7) is 0. The molecule has 2 aromatic carbocycles. The van der Waals surface area contributed by atoms with Crippen molar-refractivity contribution in [1.82, 2.24) is 0 Å². The molecule has 0 saturated heterocycles. The molecule has 0 aliphatic rings. The van der Waals surface area contributed by atoms with E-state index >= 15 is 0 Å². The van der Waals surface area contributed by atoms with E-state index in [9.17, 15) is 0 Å². The van der Waals surface area contributed by atoms with E-state index in [1.54, 1.807) is 6.07 Å². The van der Waals surface area contributed by atoms with Crippen molar-refractivity contribution in [2.45, 2.75) is 12.5 Å². The fourth-order valence-electron chi connectivity index (χ4n) is 2.09. The molecule has 0 aromatic heterocycles. The molecule has 2 nitrogen and oxygen atoms in total. The van der Waals surface area contributed by atoms with Gasteiger partial charge in [-0.15, -0.1) is 0 Å². The van der Waals surface area contributed by atoms with E-state index in [1.807, 2.05) is 38.4 Å². The zero-order valence-corrected chi connectivity index (χ0v) is 13.1. The summed E-state index contributed by atoms with van der Waals surface area (Å²) in [5, 5.41) is 1.38. The molecule has 20 heavy (non-hydrogen) atoms. The van der Waals surface area contributed by atoms with Gasteiger partial charge in [-0.1, -0.05) is 35.3 Å². The largest absolute Gasteiger partial charge is 0.378 e. The topological polar surface area (TPSA) is 29.3 Å². The van der Waals surface area contributed by atoms with Gasteiger partial charge in [0.15, 0.2) is 0 Å². The van der Waals surface area contributed by atoms with Crippen LogP contribution in [0.3, 0.4) is 0 Å². The second kappa shape index (κ2) is 6.49. The number of nitrogens with zero attached hydrogens (tertiary/aromatic N) is 1. The molecule has 4 heteroatoms. The lowest BCUT2D eigenvalue weighted by molar-refractivity contribution is 0.722. The highest BCUT2D eigenvalue weighted by Gasteiger charge is 2.11. The highest BCUT2D eigenvalue weighted by molar-refractivity contribution is 6.33. The summed E-state index contributed by atoms with van der Waals surface area (Å²) in [6.07, 6.45) is 0.663. The molecule has 0 spiro atoms. The zero-order chi connectivity index (χ0) is 14.7. The Morgan fingerprint density at radius 1 is 1.10 bits per heavy atom. The lowest BCUT2D eigenvalue weighted by Crippen LogP contribution is -2.15. The van der Waals surface area contributed by atoms with E-state index in [1.165, 1.54) is 0 Å². The average Bonchev–Trinajstić information content (AvgIpc) is 2.43. The number of hydrogen-bond donors (Lipinski definition) is 1. The quantitative estimate of drug-likeness (QED) is 0.912. The molecule has 0 aliphatic heterocycles. The third kappa shape index (κ3) is 3.66. The van der Waals surface area contributed by atoms with Crippen molar-refractivity contribution in [3.8, 4) is 0 Å². The van der Waals surface area contributed by atoms with Gasteiger partial charge in [-0.25, -0.2) is 0 Å². The van der Waals surface area contributed by atoms with Gasteiger partial charge in [0.2, 0.25) is 0 Å². The second-order valence-electron chi connectivity index (χ2n) is 5.04. The number of halogens is 2. The summed E-state index contributed by atoms with van der Waals surface area (Å²) in [6, 6.07) is 13.6. The van der Waals surface area contributed by atoms with Crippen LogP contribution in [0.1, 0.15) is 17.2 Å². The molecule has 2 N–H and O–H groups in total. The lowest BCUT2D eigenvalue weighted by Gasteiger charge is -2.17. The first kappa shape index (κ1) is 15.2. The van der Waals surface area contributed by atoms with Crippen LogP contribution in [0.5, 0.6) is 0 Å². The molecule has 0 fully saturated rings. The minimum absolute atomic E-state index is 0.106. The van der Waals surface area contributed by atoms with Crippen LogP contribution in [0.4, 0.5) is 5.69 Å². The SMILES string of the molecule is CN(C)c1cccc(C(N)Cc2cc(Cl)ccc2Cl)c1. The third-order valence-corrected chi connectivity index (χ3v) is 3.87. The van der Waals surface area contributed by atoms with Gasteiger partial charge in [-0.3, -0.25) is 0 Å². The smallest absolute Gasteiger partial charge is 0.0439 e. The van der Waals surface area contributed by atoms with Gasteiger partial charge in [0.25, 0.3) is 0 Å². The van der Waals surface area contributed by atoms with Crippen LogP contribution in [0.25, 0.3) is 0 Å². The van der Waals surface area contributed by atoms with Crippen LogP contribution >= 0.6 is 23.2 Å². The van der Waals surface area contributed by atoms with Crippen LogP contribution in [-0.4, -0.2) is 14.1 Å². The molecular weight excluding hydrogens is 291 g/mol. The third-order valence-electron chi connectivity index (χ3n) is 3.26. The highest BCUT2D eigenvalue weighted by atomic mass is 35.5. The highest BCUT2D eigenvalue weighted by Crippen LogP contribution is 2.26. The Balaban J connectivity index is 2.21. The molecule has 1 unspecified atom stereocenters. The number of nitrogens with two attached hydrogens (primary N) is 1. The zero-order valence-electron chi connectivity index (χ0n) is 11.6. The monoisotopic (exact) mass is 308 g/mol. The van der Waals surface area contributed by atoms with Gasteiger partial charge in [-0.05, 0) is 47.9 Å². The first-order valence-electron chi connectivity index (χ1n) is 6.44. The molecule has 0 amide bonds. The van der Waals surface area contributed by atoms with Gasteiger partial charge < -0.3 is 10.6 Å². The van der Waals surface area contributed by atoms with Gasteiger partial charge in [-0.2, -0.15) is 0 Å². The fourth-order valence-corrected chi connectivity index (χ4v) is 2.48. The number of anilines is 1.